The van der Waals surface area contributed by atoms with E-state index in [1.165, 1.54) is 21.9 Å². The third-order valence-electron chi connectivity index (χ3n) is 4.60. The molecule has 0 bridgehead atoms. The molecule has 2 saturated heterocycles. The maximum atomic E-state index is 12.0. The lowest BCUT2D eigenvalue weighted by atomic mass is 9.90. The molecule has 3 heterocycles. The highest BCUT2D eigenvalue weighted by Gasteiger charge is 2.45. The molecule has 3 rings (SSSR count). The second-order valence-corrected chi connectivity index (χ2v) is 9.15. The first-order valence-electron chi connectivity index (χ1n) is 7.81. The van der Waals surface area contributed by atoms with Gasteiger partial charge in [-0.1, -0.05) is 0 Å². The zero-order valence-electron chi connectivity index (χ0n) is 13.2. The molecular weight excluding hydrogens is 336 g/mol. The molecule has 0 radical (unpaired) electrons. The Morgan fingerprint density at radius 1 is 1.52 bits per heavy atom. The van der Waals surface area contributed by atoms with Crippen LogP contribution in [-0.2, 0) is 14.8 Å². The summed E-state index contributed by atoms with van der Waals surface area (Å²) in [7, 11) is -3.17. The van der Waals surface area contributed by atoms with Crippen LogP contribution in [0.3, 0.4) is 0 Å². The second kappa shape index (κ2) is 6.51. The molecule has 8 heteroatoms. The average Bonchev–Trinajstić information content (AvgIpc) is 3.15. The summed E-state index contributed by atoms with van der Waals surface area (Å²) in [5.41, 5.74) is 0.295. The number of nitrogens with one attached hydrogen (secondary N) is 1. The lowest BCUT2D eigenvalue weighted by Gasteiger charge is -2.38. The zero-order valence-corrected chi connectivity index (χ0v) is 14.8. The number of hydrogen-bond acceptors (Lipinski definition) is 5. The molecule has 0 saturated carbocycles. The Morgan fingerprint density at radius 3 is 3.00 bits per heavy atom. The molecule has 1 spiro atoms. The summed E-state index contributed by atoms with van der Waals surface area (Å²) in [5, 5.41) is 6.61. The smallest absolute Gasteiger partial charge is 0.252 e. The van der Waals surface area contributed by atoms with Gasteiger partial charge in [0.2, 0.25) is 10.0 Å². The predicted octanol–water partition coefficient (Wildman–Crippen LogP) is 1.45. The lowest BCUT2D eigenvalue weighted by molar-refractivity contribution is -0.116. The molecule has 1 aromatic heterocycles. The molecule has 0 unspecified atom stereocenters. The second-order valence-electron chi connectivity index (χ2n) is 6.38. The number of ether oxygens (including phenoxy) is 1. The van der Waals surface area contributed by atoms with Crippen molar-refractivity contribution in [3.63, 3.8) is 0 Å². The Balaban J connectivity index is 1.56. The Bertz CT molecular complexity index is 659. The monoisotopic (exact) mass is 358 g/mol. The summed E-state index contributed by atoms with van der Waals surface area (Å²) in [6, 6.07) is 1.80. The van der Waals surface area contributed by atoms with E-state index in [2.05, 4.69) is 5.32 Å². The molecule has 1 N–H and O–H groups in total. The fraction of sp³-hybridized carbons (Fsp3) is 0.667. The topological polar surface area (TPSA) is 75.7 Å². The van der Waals surface area contributed by atoms with E-state index in [1.54, 1.807) is 6.07 Å². The molecule has 2 aliphatic rings. The first-order valence-corrected chi connectivity index (χ1v) is 10.6. The molecule has 23 heavy (non-hydrogen) atoms. The molecule has 6 nitrogen and oxygen atoms in total. The highest BCUT2D eigenvalue weighted by atomic mass is 32.2. The van der Waals surface area contributed by atoms with Gasteiger partial charge in [0.05, 0.1) is 18.0 Å². The summed E-state index contributed by atoms with van der Waals surface area (Å²) in [6.07, 6.45) is 4.70. The Kier molecular flexibility index (Phi) is 4.78. The highest BCUT2D eigenvalue weighted by molar-refractivity contribution is 7.88. The van der Waals surface area contributed by atoms with E-state index in [0.29, 0.717) is 25.2 Å². The largest absolute Gasteiger partial charge is 0.369 e. The van der Waals surface area contributed by atoms with Gasteiger partial charge in [-0.3, -0.25) is 4.79 Å². The number of hydrogen-bond donors (Lipinski definition) is 1. The van der Waals surface area contributed by atoms with Crippen molar-refractivity contribution in [1.82, 2.24) is 9.62 Å². The van der Waals surface area contributed by atoms with E-state index in [9.17, 15) is 13.2 Å². The van der Waals surface area contributed by atoms with Crippen LogP contribution in [0.1, 0.15) is 36.0 Å². The van der Waals surface area contributed by atoms with Crippen molar-refractivity contribution in [2.75, 3.05) is 25.9 Å². The summed E-state index contributed by atoms with van der Waals surface area (Å²) < 4.78 is 31.1. The summed E-state index contributed by atoms with van der Waals surface area (Å²) in [5.74, 6) is -0.0846. The minimum atomic E-state index is -3.17. The van der Waals surface area contributed by atoms with Gasteiger partial charge in [0.15, 0.2) is 0 Å². The quantitative estimate of drug-likeness (QED) is 0.884. The van der Waals surface area contributed by atoms with Crippen LogP contribution in [0.2, 0.25) is 0 Å². The van der Waals surface area contributed by atoms with Crippen molar-refractivity contribution >= 4 is 27.3 Å². The van der Waals surface area contributed by atoms with E-state index in [4.69, 9.17) is 4.74 Å². The van der Waals surface area contributed by atoms with Crippen LogP contribution < -0.4 is 5.32 Å². The molecular formula is C15H22N2O4S2. The maximum absolute atomic E-state index is 12.0. The summed E-state index contributed by atoms with van der Waals surface area (Å²) in [6.45, 7) is 1.42. The summed E-state index contributed by atoms with van der Waals surface area (Å²) >= 11 is 1.49. The lowest BCUT2D eigenvalue weighted by Crippen LogP contribution is -2.47. The number of amides is 1. The van der Waals surface area contributed by atoms with Gasteiger partial charge in [0, 0.05) is 30.6 Å². The van der Waals surface area contributed by atoms with Gasteiger partial charge >= 0.3 is 0 Å². The van der Waals surface area contributed by atoms with Gasteiger partial charge in [-0.15, -0.1) is 0 Å². The number of thiophene rings is 1. The Morgan fingerprint density at radius 2 is 2.35 bits per heavy atom. The first-order chi connectivity index (χ1) is 10.9. The molecule has 2 fully saturated rings. The fourth-order valence-electron chi connectivity index (χ4n) is 3.36. The van der Waals surface area contributed by atoms with Crippen LogP contribution in [0.25, 0.3) is 0 Å². The van der Waals surface area contributed by atoms with Crippen LogP contribution in [0.5, 0.6) is 0 Å². The van der Waals surface area contributed by atoms with Crippen molar-refractivity contribution in [2.45, 2.75) is 37.4 Å². The first kappa shape index (κ1) is 16.9. The molecule has 1 amide bonds. The van der Waals surface area contributed by atoms with Crippen molar-refractivity contribution < 1.29 is 17.9 Å². The van der Waals surface area contributed by atoms with Crippen molar-refractivity contribution in [1.29, 1.82) is 0 Å². The van der Waals surface area contributed by atoms with Crippen LogP contribution >= 0.6 is 11.3 Å². The number of sulfonamides is 1. The fourth-order valence-corrected chi connectivity index (χ4v) is 4.89. The third kappa shape index (κ3) is 3.93. The highest BCUT2D eigenvalue weighted by Crippen LogP contribution is 2.37. The molecule has 2 aliphatic heterocycles. The SMILES string of the molecule is CS(=O)(=O)N1CC[C@]2(CCC[C@@H](CNC(=O)c3ccsc3)O2)C1. The van der Waals surface area contributed by atoms with E-state index < -0.39 is 10.0 Å². The molecule has 128 valence electrons. The predicted molar refractivity (Wildman–Crippen MR) is 89.1 cm³/mol. The van der Waals surface area contributed by atoms with Gasteiger partial charge in [-0.05, 0) is 37.1 Å². The number of nitrogens with zero attached hydrogens (tertiary/aromatic N) is 1. The average molecular weight is 358 g/mol. The minimum absolute atomic E-state index is 0.0501. The Hall–Kier alpha value is -0.960. The van der Waals surface area contributed by atoms with Crippen LogP contribution in [0, 0.1) is 0 Å². The minimum Gasteiger partial charge on any atom is -0.369 e. The van der Waals surface area contributed by atoms with Gasteiger partial charge < -0.3 is 10.1 Å². The zero-order chi connectivity index (χ0) is 16.5. The Labute approximate surface area is 140 Å². The van der Waals surface area contributed by atoms with Crippen LogP contribution in [0.4, 0.5) is 0 Å². The maximum Gasteiger partial charge on any atom is 0.252 e. The van der Waals surface area contributed by atoms with Crippen LogP contribution in [-0.4, -0.2) is 56.2 Å². The van der Waals surface area contributed by atoms with Gasteiger partial charge in [-0.2, -0.15) is 15.6 Å². The number of rotatable bonds is 4. The number of carbonyl (C=O) groups is 1. The number of carbonyl (C=O) groups excluding carboxylic acids is 1. The van der Waals surface area contributed by atoms with Gasteiger partial charge in [0.1, 0.15) is 0 Å². The third-order valence-corrected chi connectivity index (χ3v) is 6.53. The van der Waals surface area contributed by atoms with Crippen molar-refractivity contribution in [3.05, 3.63) is 22.4 Å². The van der Waals surface area contributed by atoms with Crippen molar-refractivity contribution in [2.24, 2.45) is 0 Å². The molecule has 2 atom stereocenters. The summed E-state index contributed by atoms with van der Waals surface area (Å²) in [4.78, 5) is 12.0. The molecule has 1 aromatic rings. The van der Waals surface area contributed by atoms with E-state index in [0.717, 1.165) is 25.7 Å². The normalized spacial score (nSPS) is 29.0. The van der Waals surface area contributed by atoms with E-state index in [-0.39, 0.29) is 17.6 Å². The van der Waals surface area contributed by atoms with E-state index in [1.807, 2.05) is 10.8 Å². The standard InChI is InChI=1S/C15H22N2O4S2/c1-23(19,20)17-7-6-15(11-17)5-2-3-13(21-15)9-16-14(18)12-4-8-22-10-12/h4,8,10,13H,2-3,5-7,9,11H2,1H3,(H,16,18)/t13-,15+/m0/s1. The van der Waals surface area contributed by atoms with Crippen molar-refractivity contribution in [3.8, 4) is 0 Å². The molecule has 0 aliphatic carbocycles. The van der Waals surface area contributed by atoms with E-state index >= 15 is 0 Å². The van der Waals surface area contributed by atoms with Gasteiger partial charge in [-0.25, -0.2) is 8.42 Å². The van der Waals surface area contributed by atoms with Gasteiger partial charge in [0.25, 0.3) is 5.91 Å². The van der Waals surface area contributed by atoms with Crippen LogP contribution in [0.15, 0.2) is 16.8 Å². The molecule has 0 aromatic carbocycles.